The molecular formula is C18H29N5O5S. The van der Waals surface area contributed by atoms with Gasteiger partial charge in [-0.3, -0.25) is 14.4 Å². The number of amides is 3. The van der Waals surface area contributed by atoms with Crippen LogP contribution in [0.3, 0.4) is 0 Å². The zero-order valence-corrected chi connectivity index (χ0v) is 17.8. The van der Waals surface area contributed by atoms with Crippen LogP contribution in [-0.4, -0.2) is 61.2 Å². The summed E-state index contributed by atoms with van der Waals surface area (Å²) in [5.74, 6) is -1.30. The van der Waals surface area contributed by atoms with E-state index >= 15 is 0 Å². The van der Waals surface area contributed by atoms with Crippen molar-refractivity contribution in [2.45, 2.75) is 31.6 Å². The zero-order chi connectivity index (χ0) is 21.8. The van der Waals surface area contributed by atoms with Gasteiger partial charge in [-0.1, -0.05) is 13.8 Å². The second kappa shape index (κ2) is 9.40. The highest BCUT2D eigenvalue weighted by molar-refractivity contribution is 7.89. The van der Waals surface area contributed by atoms with Crippen LogP contribution in [0.4, 0.5) is 0 Å². The second-order valence-electron chi connectivity index (χ2n) is 7.45. The lowest BCUT2D eigenvalue weighted by Gasteiger charge is -2.30. The summed E-state index contributed by atoms with van der Waals surface area (Å²) in [7, 11) is -2.20. The molecule has 2 heterocycles. The first kappa shape index (κ1) is 22.9. The number of primary amides is 1. The summed E-state index contributed by atoms with van der Waals surface area (Å²) in [4.78, 5) is 35.1. The summed E-state index contributed by atoms with van der Waals surface area (Å²) in [6.07, 6.45) is 2.16. The van der Waals surface area contributed by atoms with Crippen LogP contribution in [0.5, 0.6) is 0 Å². The van der Waals surface area contributed by atoms with Crippen molar-refractivity contribution in [3.05, 3.63) is 18.0 Å². The van der Waals surface area contributed by atoms with Crippen molar-refractivity contribution in [1.82, 2.24) is 19.5 Å². The smallest absolute Gasteiger partial charge is 0.265 e. The standard InChI is InChI=1S/C18H29N5O5S/c1-12(2)17(25)20-6-7-21-18(26)13-4-8-23(9-5-13)29(27,28)14-10-15(16(19)24)22(3)11-14/h10-13H,4-9H2,1-3H3,(H2,19,24)(H,20,25)(H,21,26). The number of nitrogens with two attached hydrogens (primary N) is 1. The van der Waals surface area contributed by atoms with Gasteiger partial charge in [0.25, 0.3) is 5.91 Å². The Kier molecular flexibility index (Phi) is 7.42. The Morgan fingerprint density at radius 3 is 2.28 bits per heavy atom. The molecule has 0 aromatic carbocycles. The first-order valence-corrected chi connectivity index (χ1v) is 11.0. The average molecular weight is 428 g/mol. The first-order chi connectivity index (χ1) is 13.5. The maximum absolute atomic E-state index is 12.8. The third kappa shape index (κ3) is 5.57. The van der Waals surface area contributed by atoms with Crippen LogP contribution in [-0.2, 0) is 26.7 Å². The minimum Gasteiger partial charge on any atom is -0.364 e. The Morgan fingerprint density at radius 1 is 1.17 bits per heavy atom. The number of aromatic nitrogens is 1. The third-order valence-corrected chi connectivity index (χ3v) is 6.81. The van der Waals surface area contributed by atoms with Crippen molar-refractivity contribution in [3.63, 3.8) is 0 Å². The molecule has 0 aliphatic carbocycles. The molecule has 3 amide bonds. The molecule has 11 heteroatoms. The highest BCUT2D eigenvalue weighted by Gasteiger charge is 2.33. The van der Waals surface area contributed by atoms with E-state index in [0.29, 0.717) is 25.9 Å². The molecule has 0 spiro atoms. The van der Waals surface area contributed by atoms with Gasteiger partial charge < -0.3 is 20.9 Å². The molecule has 4 N–H and O–H groups in total. The van der Waals surface area contributed by atoms with Crippen LogP contribution >= 0.6 is 0 Å². The summed E-state index contributed by atoms with van der Waals surface area (Å²) in [6.45, 7) is 4.69. The van der Waals surface area contributed by atoms with Crippen molar-refractivity contribution in [1.29, 1.82) is 0 Å². The molecule has 1 aromatic heterocycles. The molecule has 10 nitrogen and oxygen atoms in total. The molecule has 1 aliphatic rings. The molecule has 0 atom stereocenters. The molecule has 1 aromatic rings. The minimum atomic E-state index is -3.76. The normalized spacial score (nSPS) is 16.0. The molecule has 0 radical (unpaired) electrons. The molecule has 0 saturated carbocycles. The Hall–Kier alpha value is -2.40. The zero-order valence-electron chi connectivity index (χ0n) is 17.0. The monoisotopic (exact) mass is 427 g/mol. The predicted octanol–water partition coefficient (Wildman–Crippen LogP) is -0.587. The molecule has 0 unspecified atom stereocenters. The molecule has 0 bridgehead atoms. The molecule has 1 aliphatic heterocycles. The number of piperidine rings is 1. The van der Waals surface area contributed by atoms with Crippen LogP contribution in [0.2, 0.25) is 0 Å². The molecule has 29 heavy (non-hydrogen) atoms. The van der Waals surface area contributed by atoms with E-state index in [9.17, 15) is 22.8 Å². The van der Waals surface area contributed by atoms with Gasteiger partial charge >= 0.3 is 0 Å². The summed E-state index contributed by atoms with van der Waals surface area (Å²) in [5, 5.41) is 5.50. The minimum absolute atomic E-state index is 0.0117. The Balaban J connectivity index is 1.86. The summed E-state index contributed by atoms with van der Waals surface area (Å²) >= 11 is 0. The van der Waals surface area contributed by atoms with E-state index in [-0.39, 0.29) is 47.3 Å². The molecule has 162 valence electrons. The number of carbonyl (C=O) groups is 3. The van der Waals surface area contributed by atoms with Crippen molar-refractivity contribution in [2.24, 2.45) is 24.6 Å². The van der Waals surface area contributed by atoms with Gasteiger partial charge in [0.1, 0.15) is 10.6 Å². The number of nitrogens with one attached hydrogen (secondary N) is 2. The molecular weight excluding hydrogens is 398 g/mol. The largest absolute Gasteiger partial charge is 0.364 e. The van der Waals surface area contributed by atoms with Gasteiger partial charge in [-0.2, -0.15) is 4.31 Å². The van der Waals surface area contributed by atoms with Gasteiger partial charge in [0.2, 0.25) is 21.8 Å². The Bertz CT molecular complexity index is 869. The number of sulfonamides is 1. The van der Waals surface area contributed by atoms with Crippen molar-refractivity contribution in [2.75, 3.05) is 26.2 Å². The number of rotatable bonds is 8. The van der Waals surface area contributed by atoms with Crippen LogP contribution in [0, 0.1) is 11.8 Å². The highest BCUT2D eigenvalue weighted by Crippen LogP contribution is 2.25. The SMILES string of the molecule is CC(C)C(=O)NCCNC(=O)C1CCN(S(=O)(=O)c2cc(C(N)=O)n(C)c2)CC1. The van der Waals surface area contributed by atoms with Gasteiger partial charge in [0.05, 0.1) is 0 Å². The van der Waals surface area contributed by atoms with Gasteiger partial charge in [-0.05, 0) is 18.9 Å². The molecule has 1 saturated heterocycles. The Morgan fingerprint density at radius 2 is 1.76 bits per heavy atom. The van der Waals surface area contributed by atoms with E-state index in [1.165, 1.54) is 21.1 Å². The van der Waals surface area contributed by atoms with Gasteiger partial charge in [0.15, 0.2) is 0 Å². The lowest BCUT2D eigenvalue weighted by molar-refractivity contribution is -0.127. The summed E-state index contributed by atoms with van der Waals surface area (Å²) in [5.41, 5.74) is 5.36. The van der Waals surface area contributed by atoms with E-state index in [0.717, 1.165) is 0 Å². The third-order valence-electron chi connectivity index (χ3n) is 4.94. The maximum atomic E-state index is 12.8. The predicted molar refractivity (Wildman–Crippen MR) is 106 cm³/mol. The van der Waals surface area contributed by atoms with Crippen molar-refractivity contribution >= 4 is 27.7 Å². The fraction of sp³-hybridized carbons (Fsp3) is 0.611. The van der Waals surface area contributed by atoms with Gasteiger partial charge in [-0.15, -0.1) is 0 Å². The lowest BCUT2D eigenvalue weighted by atomic mass is 9.97. The van der Waals surface area contributed by atoms with E-state index in [2.05, 4.69) is 10.6 Å². The van der Waals surface area contributed by atoms with E-state index in [1.54, 1.807) is 20.9 Å². The first-order valence-electron chi connectivity index (χ1n) is 9.55. The Labute approximate surface area is 170 Å². The van der Waals surface area contributed by atoms with Crippen molar-refractivity contribution in [3.8, 4) is 0 Å². The lowest BCUT2D eigenvalue weighted by Crippen LogP contribution is -2.44. The van der Waals surface area contributed by atoms with Crippen LogP contribution in [0.15, 0.2) is 17.2 Å². The number of hydrogen-bond donors (Lipinski definition) is 3. The molecule has 2 rings (SSSR count). The summed E-state index contributed by atoms with van der Waals surface area (Å²) in [6, 6.07) is 1.27. The number of hydrogen-bond acceptors (Lipinski definition) is 5. The highest BCUT2D eigenvalue weighted by atomic mass is 32.2. The fourth-order valence-corrected chi connectivity index (χ4v) is 4.69. The summed E-state index contributed by atoms with van der Waals surface area (Å²) < 4.78 is 28.3. The van der Waals surface area contributed by atoms with Gasteiger partial charge in [-0.25, -0.2) is 8.42 Å². The fourth-order valence-electron chi connectivity index (χ4n) is 3.15. The van der Waals surface area contributed by atoms with Crippen LogP contribution in [0.1, 0.15) is 37.2 Å². The van der Waals surface area contributed by atoms with E-state index in [1.807, 2.05) is 0 Å². The molecule has 1 fully saturated rings. The number of aryl methyl sites for hydroxylation is 1. The second-order valence-corrected chi connectivity index (χ2v) is 9.39. The quantitative estimate of drug-likeness (QED) is 0.475. The number of nitrogens with zero attached hydrogens (tertiary/aromatic N) is 2. The average Bonchev–Trinajstić information content (AvgIpc) is 3.07. The van der Waals surface area contributed by atoms with Gasteiger partial charge in [0, 0.05) is 51.3 Å². The van der Waals surface area contributed by atoms with E-state index < -0.39 is 15.9 Å². The topological polar surface area (TPSA) is 144 Å². The van der Waals surface area contributed by atoms with Crippen LogP contribution in [0.25, 0.3) is 0 Å². The van der Waals surface area contributed by atoms with Crippen LogP contribution < -0.4 is 16.4 Å². The number of carbonyl (C=O) groups excluding carboxylic acids is 3. The van der Waals surface area contributed by atoms with Crippen molar-refractivity contribution < 1.29 is 22.8 Å². The maximum Gasteiger partial charge on any atom is 0.265 e. The van der Waals surface area contributed by atoms with E-state index in [4.69, 9.17) is 5.73 Å².